The van der Waals surface area contributed by atoms with E-state index in [4.69, 9.17) is 5.11 Å². The molecule has 2 heterocycles. The van der Waals surface area contributed by atoms with E-state index in [1.807, 2.05) is 55.2 Å². The predicted molar refractivity (Wildman–Crippen MR) is 153 cm³/mol. The highest BCUT2D eigenvalue weighted by atomic mass is 16.2. The summed E-state index contributed by atoms with van der Waals surface area (Å²) in [5.74, 6) is 0. The van der Waals surface area contributed by atoms with Crippen molar-refractivity contribution >= 4 is 5.65 Å². The largest absolute Gasteiger partial charge is 0.396 e. The van der Waals surface area contributed by atoms with Crippen molar-refractivity contribution in [2.75, 3.05) is 19.7 Å². The van der Waals surface area contributed by atoms with Gasteiger partial charge in [-0.3, -0.25) is 0 Å². The molecule has 194 valence electrons. The Morgan fingerprint density at radius 2 is 1.64 bits per heavy atom. The topological polar surface area (TPSA) is 62.5 Å². The minimum atomic E-state index is 0.149. The Kier molecular flexibility index (Phi) is 13.5. The van der Waals surface area contributed by atoms with Crippen molar-refractivity contribution in [3.05, 3.63) is 78.2 Å². The molecule has 36 heavy (non-hydrogen) atoms. The zero-order valence-electron chi connectivity index (χ0n) is 22.8. The second-order valence-electron chi connectivity index (χ2n) is 8.67. The molecule has 0 bridgehead atoms. The molecule has 0 radical (unpaired) electrons. The van der Waals surface area contributed by atoms with Gasteiger partial charge in [0.05, 0.1) is 6.20 Å². The van der Waals surface area contributed by atoms with Crippen molar-refractivity contribution in [3.63, 3.8) is 0 Å². The van der Waals surface area contributed by atoms with E-state index in [1.54, 1.807) is 0 Å². The van der Waals surface area contributed by atoms with Crippen LogP contribution in [0.15, 0.2) is 67.1 Å². The lowest BCUT2D eigenvalue weighted by Gasteiger charge is -2.05. The van der Waals surface area contributed by atoms with Crippen molar-refractivity contribution in [1.82, 2.24) is 19.9 Å². The summed E-state index contributed by atoms with van der Waals surface area (Å²) in [6.45, 7) is 13.1. The van der Waals surface area contributed by atoms with E-state index in [1.165, 1.54) is 44.3 Å². The second-order valence-corrected chi connectivity index (χ2v) is 8.67. The number of unbranched alkanes of at least 4 members (excludes halogenated alkanes) is 2. The van der Waals surface area contributed by atoms with Crippen LogP contribution in [-0.4, -0.2) is 39.4 Å². The summed E-state index contributed by atoms with van der Waals surface area (Å²) in [5, 5.41) is 17.0. The molecule has 0 saturated heterocycles. The number of aliphatic hydroxyl groups is 1. The predicted octanol–water partition coefficient (Wildman–Crippen LogP) is 7.11. The Morgan fingerprint density at radius 1 is 0.861 bits per heavy atom. The number of aromatic nitrogens is 3. The van der Waals surface area contributed by atoms with Gasteiger partial charge in [0.1, 0.15) is 0 Å². The maximum Gasteiger partial charge on any atom is 0.162 e. The number of aryl methyl sites for hydroxylation is 1. The molecule has 0 saturated carbocycles. The van der Waals surface area contributed by atoms with Gasteiger partial charge in [0.15, 0.2) is 5.65 Å². The minimum absolute atomic E-state index is 0.149. The smallest absolute Gasteiger partial charge is 0.162 e. The molecule has 4 aromatic rings. The molecule has 0 fully saturated rings. The number of rotatable bonds is 10. The lowest BCUT2D eigenvalue weighted by Crippen LogP contribution is -2.15. The highest BCUT2D eigenvalue weighted by molar-refractivity contribution is 5.78. The number of benzene rings is 2. The molecule has 0 spiro atoms. The maximum atomic E-state index is 9.14. The molecule has 0 aliphatic rings. The van der Waals surface area contributed by atoms with Crippen LogP contribution in [0.25, 0.3) is 27.9 Å². The van der Waals surface area contributed by atoms with E-state index in [9.17, 15) is 0 Å². The first-order valence-electron chi connectivity index (χ1n) is 13.5. The Morgan fingerprint density at radius 3 is 2.33 bits per heavy atom. The van der Waals surface area contributed by atoms with Crippen LogP contribution in [0.3, 0.4) is 0 Å². The Labute approximate surface area is 217 Å². The number of nitrogens with one attached hydrogen (secondary N) is 1. The fraction of sp³-hybridized carbons (Fsp3) is 0.419. The van der Waals surface area contributed by atoms with Crippen LogP contribution in [-0.2, 0) is 6.42 Å². The fourth-order valence-electron chi connectivity index (χ4n) is 3.80. The first-order chi connectivity index (χ1) is 17.7. The first-order valence-corrected chi connectivity index (χ1v) is 13.5. The summed E-state index contributed by atoms with van der Waals surface area (Å²) in [6, 6.07) is 16.6. The summed E-state index contributed by atoms with van der Waals surface area (Å²) in [5.41, 5.74) is 7.40. The summed E-state index contributed by atoms with van der Waals surface area (Å²) in [7, 11) is 0. The van der Waals surface area contributed by atoms with Gasteiger partial charge in [0, 0.05) is 30.1 Å². The third kappa shape index (κ3) is 8.89. The van der Waals surface area contributed by atoms with E-state index in [2.05, 4.69) is 66.5 Å². The molecule has 0 aliphatic carbocycles. The van der Waals surface area contributed by atoms with Gasteiger partial charge < -0.3 is 10.4 Å². The van der Waals surface area contributed by atoms with Gasteiger partial charge in [-0.15, -0.1) is 0 Å². The summed E-state index contributed by atoms with van der Waals surface area (Å²) >= 11 is 0. The second kappa shape index (κ2) is 16.6. The maximum absolute atomic E-state index is 9.14. The average molecular weight is 489 g/mol. The van der Waals surface area contributed by atoms with Crippen LogP contribution >= 0.6 is 0 Å². The number of nitrogens with zero attached hydrogens (tertiary/aromatic N) is 3. The van der Waals surface area contributed by atoms with Gasteiger partial charge in [0.2, 0.25) is 0 Å². The van der Waals surface area contributed by atoms with Crippen molar-refractivity contribution in [1.29, 1.82) is 0 Å². The van der Waals surface area contributed by atoms with Crippen molar-refractivity contribution in [2.45, 2.75) is 66.7 Å². The lowest BCUT2D eigenvalue weighted by molar-refractivity contribution is 0.299. The molecule has 5 heteroatoms. The average Bonchev–Trinajstić information content (AvgIpc) is 3.34. The first kappa shape index (κ1) is 29.2. The number of fused-ring (bicyclic) bond motifs is 1. The van der Waals surface area contributed by atoms with E-state index < -0.39 is 0 Å². The van der Waals surface area contributed by atoms with E-state index in [0.29, 0.717) is 6.42 Å². The van der Waals surface area contributed by atoms with Gasteiger partial charge >= 0.3 is 0 Å². The standard InChI is InChI=1S/C21H19N3O.C8H19N.C2H6/c1-15-5-7-17(8-6-15)19-12-22-21-20(13-23-24(21)14-19)18-4-2-3-16(11-18)9-10-25;1-3-5-6-8-9-7-4-2;1-2/h2-8,11-14,25H,9-10H2,1H3;9H,3-8H2,1-2H3;1-2H3. The summed E-state index contributed by atoms with van der Waals surface area (Å²) in [4.78, 5) is 4.64. The highest BCUT2D eigenvalue weighted by Crippen LogP contribution is 2.26. The molecule has 0 aliphatic heterocycles. The molecule has 4 rings (SSSR count). The van der Waals surface area contributed by atoms with Crippen molar-refractivity contribution in [3.8, 4) is 22.3 Å². The Balaban J connectivity index is 0.000000354. The number of hydrogen-bond donors (Lipinski definition) is 2. The van der Waals surface area contributed by atoms with E-state index >= 15 is 0 Å². The Bertz CT molecular complexity index is 1130. The fourth-order valence-corrected chi connectivity index (χ4v) is 3.80. The number of aliphatic hydroxyl groups excluding tert-OH is 1. The number of hydrogen-bond acceptors (Lipinski definition) is 4. The van der Waals surface area contributed by atoms with Gasteiger partial charge in [-0.05, 0) is 56.0 Å². The SMILES string of the molecule is CC.CCCCCNCCC.Cc1ccc(-c2cnc3c(-c4cccc(CCO)c4)cnn3c2)cc1. The lowest BCUT2D eigenvalue weighted by atomic mass is 10.0. The molecule has 2 aromatic heterocycles. The van der Waals surface area contributed by atoms with Crippen LogP contribution in [0, 0.1) is 6.92 Å². The monoisotopic (exact) mass is 488 g/mol. The summed E-state index contributed by atoms with van der Waals surface area (Å²) in [6.07, 6.45) is 11.7. The zero-order chi connectivity index (χ0) is 26.2. The molecule has 2 aromatic carbocycles. The van der Waals surface area contributed by atoms with Gasteiger partial charge in [-0.1, -0.05) is 94.6 Å². The molecule has 0 atom stereocenters. The van der Waals surface area contributed by atoms with Crippen LogP contribution in [0.4, 0.5) is 0 Å². The van der Waals surface area contributed by atoms with Gasteiger partial charge in [-0.2, -0.15) is 5.10 Å². The summed E-state index contributed by atoms with van der Waals surface area (Å²) < 4.78 is 1.82. The molecular formula is C31H44N4O. The normalized spacial score (nSPS) is 10.4. The molecule has 2 N–H and O–H groups in total. The molecule has 0 unspecified atom stereocenters. The van der Waals surface area contributed by atoms with E-state index in [0.717, 1.165) is 33.5 Å². The third-order valence-electron chi connectivity index (χ3n) is 5.76. The van der Waals surface area contributed by atoms with Crippen LogP contribution in [0.5, 0.6) is 0 Å². The molecule has 5 nitrogen and oxygen atoms in total. The molecule has 0 amide bonds. The Hall–Kier alpha value is -3.02. The van der Waals surface area contributed by atoms with Crippen LogP contribution < -0.4 is 5.32 Å². The van der Waals surface area contributed by atoms with Crippen molar-refractivity contribution < 1.29 is 5.11 Å². The van der Waals surface area contributed by atoms with Crippen LogP contribution in [0.2, 0.25) is 0 Å². The minimum Gasteiger partial charge on any atom is -0.396 e. The highest BCUT2D eigenvalue weighted by Gasteiger charge is 2.10. The molecular weight excluding hydrogens is 444 g/mol. The van der Waals surface area contributed by atoms with E-state index in [-0.39, 0.29) is 6.61 Å². The zero-order valence-corrected chi connectivity index (χ0v) is 22.8. The van der Waals surface area contributed by atoms with Crippen LogP contribution in [0.1, 0.15) is 64.5 Å². The quantitative estimate of drug-likeness (QED) is 0.234. The van der Waals surface area contributed by atoms with Gasteiger partial charge in [-0.25, -0.2) is 9.50 Å². The van der Waals surface area contributed by atoms with Crippen molar-refractivity contribution in [2.24, 2.45) is 0 Å². The van der Waals surface area contributed by atoms with Gasteiger partial charge in [0.25, 0.3) is 0 Å². The third-order valence-corrected chi connectivity index (χ3v) is 5.76.